The molecule has 0 aliphatic heterocycles. The van der Waals surface area contributed by atoms with E-state index in [2.05, 4.69) is 25.4 Å². The van der Waals surface area contributed by atoms with Crippen LogP contribution in [0.4, 0.5) is 11.6 Å². The lowest BCUT2D eigenvalue weighted by Crippen LogP contribution is -2.15. The fourth-order valence-electron chi connectivity index (χ4n) is 3.80. The molecule has 5 rings (SSSR count). The standard InChI is InChI=1S/C27H25N7O5/c1-4-38-23-15-34(16-5-7-24(28)30-13-16)33-26(23)27(35)32-25-8-6-17(14-31-25)39-20-9-10-29-19-12-22(37-3)21(36-2)11-18(19)20/h5-15H,4H2,1-3H3,(H2,28,30)(H,31,32,35). The van der Waals surface area contributed by atoms with Crippen LogP contribution in [0.5, 0.6) is 28.7 Å². The van der Waals surface area contributed by atoms with Gasteiger partial charge < -0.3 is 30.0 Å². The molecule has 0 saturated carbocycles. The second-order valence-electron chi connectivity index (χ2n) is 8.13. The second kappa shape index (κ2) is 10.9. The van der Waals surface area contributed by atoms with E-state index in [4.69, 9.17) is 24.7 Å². The summed E-state index contributed by atoms with van der Waals surface area (Å²) in [4.78, 5) is 25.8. The predicted molar refractivity (Wildman–Crippen MR) is 144 cm³/mol. The van der Waals surface area contributed by atoms with Crippen molar-refractivity contribution in [2.45, 2.75) is 6.92 Å². The Balaban J connectivity index is 1.34. The van der Waals surface area contributed by atoms with Gasteiger partial charge in [0.15, 0.2) is 22.9 Å². The Morgan fingerprint density at radius 2 is 1.77 bits per heavy atom. The number of nitrogens with two attached hydrogens (primary N) is 1. The van der Waals surface area contributed by atoms with E-state index in [-0.39, 0.29) is 5.69 Å². The van der Waals surface area contributed by atoms with Crippen LogP contribution in [-0.4, -0.2) is 51.5 Å². The monoisotopic (exact) mass is 527 g/mol. The van der Waals surface area contributed by atoms with Crippen LogP contribution in [0.25, 0.3) is 16.6 Å². The number of fused-ring (bicyclic) bond motifs is 1. The van der Waals surface area contributed by atoms with Crippen LogP contribution in [-0.2, 0) is 0 Å². The van der Waals surface area contributed by atoms with Gasteiger partial charge in [-0.1, -0.05) is 0 Å². The van der Waals surface area contributed by atoms with Gasteiger partial charge in [-0.3, -0.25) is 9.78 Å². The third kappa shape index (κ3) is 5.34. The topological polar surface area (TPSA) is 149 Å². The summed E-state index contributed by atoms with van der Waals surface area (Å²) in [6.45, 7) is 2.18. The van der Waals surface area contributed by atoms with E-state index in [0.717, 1.165) is 5.39 Å². The van der Waals surface area contributed by atoms with Crippen molar-refractivity contribution in [2.75, 3.05) is 31.9 Å². The summed E-state index contributed by atoms with van der Waals surface area (Å²) in [6.07, 6.45) is 6.31. The van der Waals surface area contributed by atoms with Gasteiger partial charge in [0.2, 0.25) is 0 Å². The highest BCUT2D eigenvalue weighted by atomic mass is 16.5. The Morgan fingerprint density at radius 3 is 2.46 bits per heavy atom. The molecule has 0 spiro atoms. The van der Waals surface area contributed by atoms with E-state index in [1.807, 2.05) is 6.92 Å². The van der Waals surface area contributed by atoms with Crippen molar-refractivity contribution in [2.24, 2.45) is 0 Å². The van der Waals surface area contributed by atoms with Gasteiger partial charge in [0, 0.05) is 17.6 Å². The van der Waals surface area contributed by atoms with Crippen molar-refractivity contribution in [3.8, 4) is 34.4 Å². The van der Waals surface area contributed by atoms with E-state index in [0.29, 0.717) is 58.2 Å². The molecule has 0 saturated heterocycles. The van der Waals surface area contributed by atoms with Crippen LogP contribution in [0.3, 0.4) is 0 Å². The van der Waals surface area contributed by atoms with Gasteiger partial charge in [-0.05, 0) is 43.3 Å². The summed E-state index contributed by atoms with van der Waals surface area (Å²) < 4.78 is 23.9. The number of pyridine rings is 3. The Labute approximate surface area is 223 Å². The van der Waals surface area contributed by atoms with Crippen LogP contribution in [0.2, 0.25) is 0 Å². The fraction of sp³-hybridized carbons (Fsp3) is 0.148. The number of anilines is 2. The first-order chi connectivity index (χ1) is 19.0. The second-order valence-corrected chi connectivity index (χ2v) is 8.13. The minimum Gasteiger partial charge on any atom is -0.493 e. The van der Waals surface area contributed by atoms with Crippen LogP contribution < -0.4 is 30.0 Å². The fourth-order valence-corrected chi connectivity index (χ4v) is 3.80. The maximum atomic E-state index is 13.0. The number of nitrogens with one attached hydrogen (secondary N) is 1. The average molecular weight is 528 g/mol. The zero-order chi connectivity index (χ0) is 27.4. The lowest BCUT2D eigenvalue weighted by molar-refractivity contribution is 0.101. The maximum Gasteiger partial charge on any atom is 0.281 e. The van der Waals surface area contributed by atoms with Crippen LogP contribution >= 0.6 is 0 Å². The number of hydrogen-bond acceptors (Lipinski definition) is 10. The van der Waals surface area contributed by atoms with Crippen molar-refractivity contribution >= 4 is 28.4 Å². The molecule has 0 bridgehead atoms. The number of methoxy groups -OCH3 is 2. The van der Waals surface area contributed by atoms with Gasteiger partial charge in [0.1, 0.15) is 23.1 Å². The average Bonchev–Trinajstić information content (AvgIpc) is 3.38. The Morgan fingerprint density at radius 1 is 0.949 bits per heavy atom. The number of amides is 1. The molecule has 4 heterocycles. The maximum absolute atomic E-state index is 13.0. The number of hydrogen-bond donors (Lipinski definition) is 2. The zero-order valence-corrected chi connectivity index (χ0v) is 21.4. The molecule has 0 aliphatic carbocycles. The van der Waals surface area contributed by atoms with Crippen molar-refractivity contribution in [3.63, 3.8) is 0 Å². The van der Waals surface area contributed by atoms with E-state index in [9.17, 15) is 4.79 Å². The van der Waals surface area contributed by atoms with E-state index < -0.39 is 5.91 Å². The summed E-state index contributed by atoms with van der Waals surface area (Å²) in [7, 11) is 3.13. The first-order valence-corrected chi connectivity index (χ1v) is 11.9. The van der Waals surface area contributed by atoms with Crippen molar-refractivity contribution in [1.82, 2.24) is 24.7 Å². The summed E-state index contributed by atoms with van der Waals surface area (Å²) in [5.74, 6) is 2.67. The lowest BCUT2D eigenvalue weighted by Gasteiger charge is -2.12. The Bertz CT molecular complexity index is 1620. The van der Waals surface area contributed by atoms with Crippen molar-refractivity contribution < 1.29 is 23.7 Å². The minimum atomic E-state index is -0.483. The van der Waals surface area contributed by atoms with Gasteiger partial charge in [-0.15, -0.1) is 0 Å². The third-order valence-corrected chi connectivity index (χ3v) is 5.64. The molecule has 12 nitrogen and oxygen atoms in total. The number of benzene rings is 1. The Kier molecular flexibility index (Phi) is 7.08. The summed E-state index contributed by atoms with van der Waals surface area (Å²) in [5.41, 5.74) is 7.07. The van der Waals surface area contributed by atoms with Gasteiger partial charge in [0.25, 0.3) is 5.91 Å². The molecule has 39 heavy (non-hydrogen) atoms. The SMILES string of the molecule is CCOc1cn(-c2ccc(N)nc2)nc1C(=O)Nc1ccc(Oc2ccnc3cc(OC)c(OC)cc23)cn1. The molecule has 0 aliphatic rings. The summed E-state index contributed by atoms with van der Waals surface area (Å²) in [5, 5.41) is 7.86. The minimum absolute atomic E-state index is 0.100. The summed E-state index contributed by atoms with van der Waals surface area (Å²) >= 11 is 0. The van der Waals surface area contributed by atoms with Crippen LogP contribution in [0, 0.1) is 0 Å². The number of nitrogen functional groups attached to an aromatic ring is 1. The molecule has 4 aromatic heterocycles. The van der Waals surface area contributed by atoms with Gasteiger partial charge in [-0.25, -0.2) is 14.6 Å². The molecule has 12 heteroatoms. The van der Waals surface area contributed by atoms with Gasteiger partial charge in [-0.2, -0.15) is 5.10 Å². The molecule has 0 fully saturated rings. The zero-order valence-electron chi connectivity index (χ0n) is 21.4. The molecular formula is C27H25N7O5. The molecular weight excluding hydrogens is 502 g/mol. The quantitative estimate of drug-likeness (QED) is 0.285. The Hall–Kier alpha value is -5.39. The molecule has 0 atom stereocenters. The van der Waals surface area contributed by atoms with Crippen LogP contribution in [0.1, 0.15) is 17.4 Å². The van der Waals surface area contributed by atoms with E-state index in [1.54, 1.807) is 75.3 Å². The lowest BCUT2D eigenvalue weighted by atomic mass is 10.2. The van der Waals surface area contributed by atoms with Gasteiger partial charge in [0.05, 0.1) is 50.6 Å². The normalized spacial score (nSPS) is 10.7. The predicted octanol–water partition coefficient (Wildman–Crippen LogP) is 4.25. The first kappa shape index (κ1) is 25.3. The number of rotatable bonds is 9. The highest BCUT2D eigenvalue weighted by molar-refractivity contribution is 6.04. The highest BCUT2D eigenvalue weighted by Crippen LogP contribution is 2.36. The molecule has 5 aromatic rings. The highest BCUT2D eigenvalue weighted by Gasteiger charge is 2.20. The number of carbonyl (C=O) groups excluding carboxylic acids is 1. The first-order valence-electron chi connectivity index (χ1n) is 11.9. The smallest absolute Gasteiger partial charge is 0.281 e. The number of nitrogens with zero attached hydrogens (tertiary/aromatic N) is 5. The molecule has 0 radical (unpaired) electrons. The van der Waals surface area contributed by atoms with Gasteiger partial charge >= 0.3 is 0 Å². The molecule has 1 amide bonds. The van der Waals surface area contributed by atoms with Crippen molar-refractivity contribution in [1.29, 1.82) is 0 Å². The van der Waals surface area contributed by atoms with E-state index >= 15 is 0 Å². The largest absolute Gasteiger partial charge is 0.493 e. The molecule has 3 N–H and O–H groups in total. The molecule has 198 valence electrons. The van der Waals surface area contributed by atoms with E-state index in [1.165, 1.54) is 10.9 Å². The number of aromatic nitrogens is 5. The number of ether oxygens (including phenoxy) is 4. The molecule has 0 unspecified atom stereocenters. The number of carbonyl (C=O) groups is 1. The summed E-state index contributed by atoms with van der Waals surface area (Å²) in [6, 6.07) is 12.0. The van der Waals surface area contributed by atoms with Crippen molar-refractivity contribution in [3.05, 3.63) is 72.9 Å². The molecule has 1 aromatic carbocycles. The van der Waals surface area contributed by atoms with Crippen LogP contribution in [0.15, 0.2) is 67.3 Å². The third-order valence-electron chi connectivity index (χ3n) is 5.64.